The molecule has 0 amide bonds. The molecule has 0 radical (unpaired) electrons. The summed E-state index contributed by atoms with van der Waals surface area (Å²) in [7, 11) is 0. The quantitative estimate of drug-likeness (QED) is 0.143. The van der Waals surface area contributed by atoms with E-state index in [2.05, 4.69) is 143 Å². The topological polar surface area (TPSA) is 36.3 Å². The number of fused-ring (bicyclic) bond motifs is 6. The normalized spacial score (nSPS) is 13.4. The standard InChI is InChI=1S/C39H26N4S2/c1-39(2)32-22-29(18-19-31(32)37-36(39)38-34(45-37)23-30(44-38)21-26(24-40)41-3)42(27-13-6-4-7-14-27)35-20-25-12-10-11-17-33(25)43(35)28-15-8-5-9-16-28/h4-23H,1-2H3/b26-21-. The van der Waals surface area contributed by atoms with E-state index in [0.29, 0.717) is 0 Å². The van der Waals surface area contributed by atoms with E-state index in [1.165, 1.54) is 36.4 Å². The molecule has 0 atom stereocenters. The minimum Gasteiger partial charge on any atom is -0.296 e. The Labute approximate surface area is 269 Å². The highest BCUT2D eigenvalue weighted by atomic mass is 32.1. The maximum absolute atomic E-state index is 9.30. The molecule has 6 heteroatoms. The number of anilines is 3. The predicted octanol–water partition coefficient (Wildman–Crippen LogP) is 11.5. The lowest BCUT2D eigenvalue weighted by Crippen LogP contribution is -2.17. The molecule has 7 aromatic rings. The second-order valence-electron chi connectivity index (χ2n) is 11.7. The molecule has 1 aliphatic rings. The van der Waals surface area contributed by atoms with Crippen LogP contribution in [0.2, 0.25) is 0 Å². The monoisotopic (exact) mass is 614 g/mol. The fourth-order valence-corrected chi connectivity index (χ4v) is 9.56. The summed E-state index contributed by atoms with van der Waals surface area (Å²) in [4.78, 5) is 7.99. The Morgan fingerprint density at radius 1 is 0.867 bits per heavy atom. The van der Waals surface area contributed by atoms with Gasteiger partial charge in [-0.25, -0.2) is 10.1 Å². The Hall–Kier alpha value is -5.40. The maximum atomic E-state index is 9.30. The first-order chi connectivity index (χ1) is 22.0. The summed E-state index contributed by atoms with van der Waals surface area (Å²) in [6.45, 7) is 11.9. The van der Waals surface area contributed by atoms with Crippen LogP contribution in [0.4, 0.5) is 17.2 Å². The number of allylic oxidation sites excluding steroid dienone is 1. The molecule has 3 heterocycles. The molecule has 45 heavy (non-hydrogen) atoms. The third-order valence-corrected chi connectivity index (χ3v) is 11.0. The predicted molar refractivity (Wildman–Crippen MR) is 189 cm³/mol. The fraction of sp³-hybridized carbons (Fsp3) is 0.0769. The van der Waals surface area contributed by atoms with Crippen LogP contribution in [0.15, 0.2) is 121 Å². The van der Waals surface area contributed by atoms with Crippen molar-refractivity contribution in [2.75, 3.05) is 4.90 Å². The van der Waals surface area contributed by atoms with E-state index in [1.54, 1.807) is 17.4 Å². The second kappa shape index (κ2) is 10.4. The van der Waals surface area contributed by atoms with Gasteiger partial charge in [-0.2, -0.15) is 0 Å². The van der Waals surface area contributed by atoms with Crippen molar-refractivity contribution < 1.29 is 0 Å². The van der Waals surface area contributed by atoms with Crippen molar-refractivity contribution in [3.63, 3.8) is 0 Å². The Balaban J connectivity index is 1.32. The average molecular weight is 615 g/mol. The molecular weight excluding hydrogens is 589 g/mol. The van der Waals surface area contributed by atoms with Crippen LogP contribution in [0.5, 0.6) is 0 Å². The van der Waals surface area contributed by atoms with E-state index in [4.69, 9.17) is 6.57 Å². The minimum atomic E-state index is -0.225. The van der Waals surface area contributed by atoms with Crippen molar-refractivity contribution >= 4 is 66.2 Å². The lowest BCUT2D eigenvalue weighted by molar-refractivity contribution is 0.668. The Kier molecular flexibility index (Phi) is 6.25. The molecule has 0 saturated heterocycles. The van der Waals surface area contributed by atoms with Crippen LogP contribution in [0, 0.1) is 17.9 Å². The number of para-hydroxylation sites is 3. The van der Waals surface area contributed by atoms with Crippen molar-refractivity contribution in [3.05, 3.63) is 148 Å². The summed E-state index contributed by atoms with van der Waals surface area (Å²) < 4.78 is 4.80. The first kappa shape index (κ1) is 27.2. The highest BCUT2D eigenvalue weighted by molar-refractivity contribution is 7.30. The summed E-state index contributed by atoms with van der Waals surface area (Å²) >= 11 is 3.48. The van der Waals surface area contributed by atoms with Crippen molar-refractivity contribution in [2.24, 2.45) is 0 Å². The van der Waals surface area contributed by atoms with Crippen LogP contribution < -0.4 is 4.90 Å². The van der Waals surface area contributed by atoms with Crippen LogP contribution >= 0.6 is 22.7 Å². The van der Waals surface area contributed by atoms with Crippen molar-refractivity contribution in [1.29, 1.82) is 5.26 Å². The number of nitrogens with zero attached hydrogens (tertiary/aromatic N) is 4. The van der Waals surface area contributed by atoms with Gasteiger partial charge in [0.2, 0.25) is 0 Å². The van der Waals surface area contributed by atoms with Gasteiger partial charge in [0, 0.05) is 42.3 Å². The fourth-order valence-electron chi connectivity index (χ4n) is 6.62. The van der Waals surface area contributed by atoms with Gasteiger partial charge in [0.25, 0.3) is 5.70 Å². The third-order valence-electron chi connectivity index (χ3n) is 8.65. The minimum absolute atomic E-state index is 0.113. The molecule has 214 valence electrons. The molecule has 0 N–H and O–H groups in total. The lowest BCUT2D eigenvalue weighted by atomic mass is 9.82. The molecule has 0 spiro atoms. The highest BCUT2D eigenvalue weighted by Gasteiger charge is 2.40. The summed E-state index contributed by atoms with van der Waals surface area (Å²) in [5.41, 5.74) is 8.27. The number of rotatable bonds is 5. The van der Waals surface area contributed by atoms with E-state index in [9.17, 15) is 5.26 Å². The van der Waals surface area contributed by atoms with Crippen LogP contribution in [0.1, 0.15) is 29.9 Å². The number of hydrogen-bond donors (Lipinski definition) is 0. The summed E-state index contributed by atoms with van der Waals surface area (Å²) in [5.74, 6) is 1.07. The van der Waals surface area contributed by atoms with Crippen LogP contribution in [-0.4, -0.2) is 4.57 Å². The lowest BCUT2D eigenvalue weighted by Gasteiger charge is -2.29. The highest BCUT2D eigenvalue weighted by Crippen LogP contribution is 2.58. The first-order valence-corrected chi connectivity index (χ1v) is 16.3. The molecule has 4 nitrogen and oxygen atoms in total. The number of thiophene rings is 2. The van der Waals surface area contributed by atoms with Gasteiger partial charge in [-0.3, -0.25) is 9.47 Å². The summed E-state index contributed by atoms with van der Waals surface area (Å²) in [5, 5.41) is 10.5. The number of aromatic nitrogens is 1. The van der Waals surface area contributed by atoms with E-state index in [-0.39, 0.29) is 11.1 Å². The van der Waals surface area contributed by atoms with Gasteiger partial charge >= 0.3 is 0 Å². The van der Waals surface area contributed by atoms with Gasteiger partial charge in [0.1, 0.15) is 5.82 Å². The van der Waals surface area contributed by atoms with E-state index >= 15 is 0 Å². The van der Waals surface area contributed by atoms with Crippen LogP contribution in [-0.2, 0) is 5.41 Å². The zero-order valence-electron chi connectivity index (χ0n) is 24.7. The first-order valence-electron chi connectivity index (χ1n) is 14.7. The molecule has 0 unspecified atom stereocenters. The molecule has 0 fully saturated rings. The van der Waals surface area contributed by atoms with Gasteiger partial charge < -0.3 is 0 Å². The van der Waals surface area contributed by atoms with Gasteiger partial charge in [-0.15, -0.1) is 22.7 Å². The van der Waals surface area contributed by atoms with Gasteiger partial charge in [-0.1, -0.05) is 74.5 Å². The molecule has 0 saturated carbocycles. The van der Waals surface area contributed by atoms with Gasteiger partial charge in [0.05, 0.1) is 22.9 Å². The largest absolute Gasteiger partial charge is 0.296 e. The molecular formula is C39H26N4S2. The average Bonchev–Trinajstić information content (AvgIpc) is 3.79. The summed E-state index contributed by atoms with van der Waals surface area (Å²) in [6, 6.07) is 43.0. The summed E-state index contributed by atoms with van der Waals surface area (Å²) in [6.07, 6.45) is 1.70. The van der Waals surface area contributed by atoms with E-state index < -0.39 is 0 Å². The van der Waals surface area contributed by atoms with E-state index in [0.717, 1.165) is 33.3 Å². The Morgan fingerprint density at radius 3 is 2.36 bits per heavy atom. The number of hydrogen-bond acceptors (Lipinski definition) is 4. The van der Waals surface area contributed by atoms with Crippen molar-refractivity contribution in [1.82, 2.24) is 4.57 Å². The number of nitriles is 1. The molecule has 1 aliphatic carbocycles. The zero-order valence-corrected chi connectivity index (χ0v) is 26.3. The maximum Gasteiger partial charge on any atom is 0.263 e. The molecule has 0 bridgehead atoms. The van der Waals surface area contributed by atoms with Gasteiger partial charge in [0.15, 0.2) is 0 Å². The van der Waals surface area contributed by atoms with Crippen LogP contribution in [0.25, 0.3) is 47.4 Å². The third kappa shape index (κ3) is 4.23. The molecule has 4 aromatic carbocycles. The van der Waals surface area contributed by atoms with Crippen LogP contribution in [0.3, 0.4) is 0 Å². The van der Waals surface area contributed by atoms with Gasteiger partial charge in [-0.05, 0) is 77.4 Å². The van der Waals surface area contributed by atoms with E-state index in [1.807, 2.05) is 17.4 Å². The SMILES string of the molecule is [C-]#[N+]/C(C#N)=C\c1cc2sc3c(c2s1)C(C)(C)c1cc(N(c2ccccc2)c2cc4ccccc4n2-c2ccccc2)ccc1-3. The zero-order chi connectivity index (χ0) is 30.7. The number of benzene rings is 4. The second-order valence-corrected chi connectivity index (χ2v) is 13.8. The van der Waals surface area contributed by atoms with Crippen molar-refractivity contribution in [2.45, 2.75) is 19.3 Å². The van der Waals surface area contributed by atoms with Crippen molar-refractivity contribution in [3.8, 4) is 22.2 Å². The smallest absolute Gasteiger partial charge is 0.263 e. The molecule has 3 aromatic heterocycles. The molecule has 0 aliphatic heterocycles. The molecule has 8 rings (SSSR count). The Morgan fingerprint density at radius 2 is 1.60 bits per heavy atom. The Bertz CT molecular complexity index is 2360.